The van der Waals surface area contributed by atoms with Crippen molar-refractivity contribution in [1.29, 1.82) is 0 Å². The Morgan fingerprint density at radius 1 is 1.26 bits per heavy atom. The topological polar surface area (TPSA) is 95.4 Å². The third-order valence-electron chi connectivity index (χ3n) is 3.83. The van der Waals surface area contributed by atoms with Crippen LogP contribution in [0.1, 0.15) is 23.2 Å². The molecule has 0 spiro atoms. The van der Waals surface area contributed by atoms with Gasteiger partial charge in [-0.3, -0.25) is 14.9 Å². The number of hydrogen-bond donors (Lipinski definition) is 2. The van der Waals surface area contributed by atoms with Crippen molar-refractivity contribution in [2.75, 3.05) is 23.3 Å². The van der Waals surface area contributed by atoms with Crippen LogP contribution in [0.15, 0.2) is 29.9 Å². The molecule has 23 heavy (non-hydrogen) atoms. The van der Waals surface area contributed by atoms with Crippen LogP contribution in [0, 0.1) is 5.92 Å². The predicted molar refractivity (Wildman–Crippen MR) is 86.9 cm³/mol. The van der Waals surface area contributed by atoms with Gasteiger partial charge in [-0.1, -0.05) is 0 Å². The van der Waals surface area contributed by atoms with Crippen LogP contribution in [0.5, 0.6) is 0 Å². The number of carboxylic acid groups (broad SMARTS) is 1. The summed E-state index contributed by atoms with van der Waals surface area (Å²) in [7, 11) is 0. The molecule has 0 unspecified atom stereocenters. The first-order valence-electron chi connectivity index (χ1n) is 7.28. The van der Waals surface area contributed by atoms with Crippen molar-refractivity contribution in [1.82, 2.24) is 9.97 Å². The van der Waals surface area contributed by atoms with E-state index in [2.05, 4.69) is 15.3 Å². The molecule has 2 aromatic heterocycles. The molecule has 3 heterocycles. The molecule has 1 amide bonds. The molecule has 3 rings (SSSR count). The lowest BCUT2D eigenvalue weighted by molar-refractivity contribution is -0.142. The van der Waals surface area contributed by atoms with Crippen LogP contribution in [0.3, 0.4) is 0 Å². The zero-order valence-electron chi connectivity index (χ0n) is 12.3. The molecule has 0 aromatic carbocycles. The van der Waals surface area contributed by atoms with Crippen molar-refractivity contribution in [3.8, 4) is 0 Å². The fraction of sp³-hybridized carbons (Fsp3) is 0.333. The number of nitrogens with zero attached hydrogens (tertiary/aromatic N) is 3. The minimum atomic E-state index is -0.730. The van der Waals surface area contributed by atoms with Crippen molar-refractivity contribution in [3.05, 3.63) is 35.5 Å². The lowest BCUT2D eigenvalue weighted by Gasteiger charge is -2.30. The number of anilines is 2. The van der Waals surface area contributed by atoms with Crippen molar-refractivity contribution < 1.29 is 14.7 Å². The molecular formula is C15H16N4O3S. The molecule has 8 heteroatoms. The van der Waals surface area contributed by atoms with E-state index in [-0.39, 0.29) is 11.8 Å². The molecule has 0 aliphatic carbocycles. The molecule has 0 atom stereocenters. The summed E-state index contributed by atoms with van der Waals surface area (Å²) in [4.78, 5) is 33.4. The Bertz CT molecular complexity index is 679. The number of carbonyl (C=O) groups excluding carboxylic acids is 1. The smallest absolute Gasteiger partial charge is 0.306 e. The average Bonchev–Trinajstić information content (AvgIpc) is 3.08. The maximum absolute atomic E-state index is 12.1. The molecular weight excluding hydrogens is 316 g/mol. The van der Waals surface area contributed by atoms with Crippen molar-refractivity contribution >= 4 is 34.2 Å². The molecule has 1 fully saturated rings. The van der Waals surface area contributed by atoms with Crippen LogP contribution < -0.4 is 10.2 Å². The lowest BCUT2D eigenvalue weighted by Crippen LogP contribution is -2.36. The van der Waals surface area contributed by atoms with Crippen molar-refractivity contribution in [2.24, 2.45) is 5.92 Å². The molecule has 2 N–H and O–H groups in total. The second kappa shape index (κ2) is 6.74. The molecule has 7 nitrogen and oxygen atoms in total. The van der Waals surface area contributed by atoms with Gasteiger partial charge in [0.25, 0.3) is 5.91 Å². The number of aliphatic carboxylic acids is 1. The number of carbonyl (C=O) groups is 2. The minimum Gasteiger partial charge on any atom is -0.481 e. The first-order valence-corrected chi connectivity index (χ1v) is 8.16. The van der Waals surface area contributed by atoms with Crippen molar-refractivity contribution in [3.63, 3.8) is 0 Å². The van der Waals surface area contributed by atoms with Crippen molar-refractivity contribution in [2.45, 2.75) is 12.8 Å². The standard InChI is InChI=1S/C15H16N4O3S/c20-13(18-15-16-5-8-23-15)11-1-2-12(17-9-11)19-6-3-10(4-7-19)14(21)22/h1-2,5,8-10H,3-4,6-7H2,(H,21,22)(H,16,18,20). The van der Waals surface area contributed by atoms with Crippen LogP contribution in [0.2, 0.25) is 0 Å². The summed E-state index contributed by atoms with van der Waals surface area (Å²) >= 11 is 1.35. The summed E-state index contributed by atoms with van der Waals surface area (Å²) in [6.45, 7) is 1.32. The van der Waals surface area contributed by atoms with Crippen LogP contribution in [-0.4, -0.2) is 40.0 Å². The normalized spacial score (nSPS) is 15.4. The highest BCUT2D eigenvalue weighted by Crippen LogP contribution is 2.22. The molecule has 0 radical (unpaired) electrons. The fourth-order valence-electron chi connectivity index (χ4n) is 2.52. The van der Waals surface area contributed by atoms with Gasteiger partial charge >= 0.3 is 5.97 Å². The number of pyridine rings is 1. The summed E-state index contributed by atoms with van der Waals surface area (Å²) in [6, 6.07) is 3.51. The Balaban J connectivity index is 1.61. The van der Waals surface area contributed by atoms with E-state index < -0.39 is 5.97 Å². The summed E-state index contributed by atoms with van der Waals surface area (Å²) in [5.74, 6) is -0.482. The molecule has 120 valence electrons. The number of piperidine rings is 1. The van der Waals surface area contributed by atoms with E-state index in [0.29, 0.717) is 36.6 Å². The Labute approximate surface area is 137 Å². The summed E-state index contributed by atoms with van der Waals surface area (Å²) in [6.07, 6.45) is 4.39. The average molecular weight is 332 g/mol. The van der Waals surface area contributed by atoms with Gasteiger partial charge in [0.2, 0.25) is 0 Å². The number of thiazole rings is 1. The SMILES string of the molecule is O=C(Nc1nccs1)c1ccc(N2CCC(C(=O)O)CC2)nc1. The summed E-state index contributed by atoms with van der Waals surface area (Å²) < 4.78 is 0. The Morgan fingerprint density at radius 2 is 2.04 bits per heavy atom. The van der Waals surface area contributed by atoms with Crippen LogP contribution in [-0.2, 0) is 4.79 Å². The summed E-state index contributed by atoms with van der Waals surface area (Å²) in [5, 5.41) is 14.1. The third kappa shape index (κ3) is 3.65. The Morgan fingerprint density at radius 3 is 2.61 bits per heavy atom. The number of aromatic nitrogens is 2. The van der Waals surface area contributed by atoms with Gasteiger partial charge in [0.15, 0.2) is 5.13 Å². The first-order chi connectivity index (χ1) is 11.1. The maximum atomic E-state index is 12.1. The van der Waals surface area contributed by atoms with Gasteiger partial charge in [0.1, 0.15) is 5.82 Å². The number of amides is 1. The molecule has 1 aliphatic rings. The summed E-state index contributed by atoms with van der Waals surface area (Å²) in [5.41, 5.74) is 0.462. The van der Waals surface area contributed by atoms with Gasteiger partial charge in [-0.25, -0.2) is 9.97 Å². The zero-order valence-corrected chi connectivity index (χ0v) is 13.1. The highest BCUT2D eigenvalue weighted by Gasteiger charge is 2.25. The minimum absolute atomic E-state index is 0.247. The van der Waals surface area contributed by atoms with Gasteiger partial charge in [0.05, 0.1) is 11.5 Å². The first kappa shape index (κ1) is 15.4. The number of hydrogen-bond acceptors (Lipinski definition) is 6. The van der Waals surface area contributed by atoms with Crippen LogP contribution >= 0.6 is 11.3 Å². The van der Waals surface area contributed by atoms with Gasteiger partial charge in [-0.15, -0.1) is 11.3 Å². The lowest BCUT2D eigenvalue weighted by atomic mass is 9.97. The highest BCUT2D eigenvalue weighted by atomic mass is 32.1. The quantitative estimate of drug-likeness (QED) is 0.890. The second-order valence-electron chi connectivity index (χ2n) is 5.30. The van der Waals surface area contributed by atoms with Gasteiger partial charge < -0.3 is 10.0 Å². The monoisotopic (exact) mass is 332 g/mol. The fourth-order valence-corrected chi connectivity index (χ4v) is 3.04. The molecule has 0 saturated carbocycles. The van der Waals surface area contributed by atoms with Gasteiger partial charge in [-0.05, 0) is 25.0 Å². The third-order valence-corrected chi connectivity index (χ3v) is 4.52. The number of rotatable bonds is 4. The van der Waals surface area contributed by atoms with E-state index in [9.17, 15) is 9.59 Å². The molecule has 1 aliphatic heterocycles. The zero-order chi connectivity index (χ0) is 16.2. The van der Waals surface area contributed by atoms with Crippen LogP contribution in [0.25, 0.3) is 0 Å². The number of carboxylic acids is 1. The van der Waals surface area contributed by atoms with E-state index in [0.717, 1.165) is 5.82 Å². The van der Waals surface area contributed by atoms with E-state index in [4.69, 9.17) is 5.11 Å². The second-order valence-corrected chi connectivity index (χ2v) is 6.19. The van der Waals surface area contributed by atoms with E-state index >= 15 is 0 Å². The predicted octanol–water partition coefficient (Wildman–Crippen LogP) is 2.09. The van der Waals surface area contributed by atoms with E-state index in [1.54, 1.807) is 23.7 Å². The van der Waals surface area contributed by atoms with Crippen LogP contribution in [0.4, 0.5) is 10.9 Å². The molecule has 2 aromatic rings. The van der Waals surface area contributed by atoms with Gasteiger partial charge in [-0.2, -0.15) is 0 Å². The highest BCUT2D eigenvalue weighted by molar-refractivity contribution is 7.13. The Kier molecular flexibility index (Phi) is 4.52. The molecule has 1 saturated heterocycles. The van der Waals surface area contributed by atoms with E-state index in [1.807, 2.05) is 4.90 Å². The maximum Gasteiger partial charge on any atom is 0.306 e. The van der Waals surface area contributed by atoms with Gasteiger partial charge in [0, 0.05) is 30.9 Å². The number of nitrogens with one attached hydrogen (secondary N) is 1. The molecule has 0 bridgehead atoms. The largest absolute Gasteiger partial charge is 0.481 e. The van der Waals surface area contributed by atoms with E-state index in [1.165, 1.54) is 17.5 Å². The Hall–Kier alpha value is -2.48.